The topological polar surface area (TPSA) is 75.4 Å². The molecule has 0 atom stereocenters. The van der Waals surface area contributed by atoms with Gasteiger partial charge < -0.3 is 16.2 Å². The van der Waals surface area contributed by atoms with Crippen molar-refractivity contribution < 1.29 is 9.90 Å². The molecule has 1 aromatic carbocycles. The van der Waals surface area contributed by atoms with E-state index in [4.69, 9.17) is 5.73 Å². The largest absolute Gasteiger partial charge is 0.508 e. The maximum Gasteiger partial charge on any atom is 0.227 e. The van der Waals surface area contributed by atoms with Gasteiger partial charge in [0.05, 0.1) is 5.41 Å². The van der Waals surface area contributed by atoms with Crippen molar-refractivity contribution in [2.45, 2.75) is 32.2 Å². The molecule has 0 spiro atoms. The van der Waals surface area contributed by atoms with Gasteiger partial charge in [0.2, 0.25) is 5.91 Å². The third kappa shape index (κ3) is 2.64. The highest BCUT2D eigenvalue weighted by molar-refractivity contribution is 5.83. The van der Waals surface area contributed by atoms with Crippen LogP contribution in [0.4, 0.5) is 0 Å². The number of nitrogens with two attached hydrogens (primary N) is 1. The molecule has 0 aromatic heterocycles. The lowest BCUT2D eigenvalue weighted by molar-refractivity contribution is -0.130. The van der Waals surface area contributed by atoms with Crippen molar-refractivity contribution in [3.8, 4) is 5.75 Å². The highest BCUT2D eigenvalue weighted by atomic mass is 16.3. The quantitative estimate of drug-likeness (QED) is 0.756. The maximum atomic E-state index is 12.2. The molecule has 0 heterocycles. The average molecular weight is 248 g/mol. The molecule has 1 amide bonds. The molecule has 1 aliphatic carbocycles. The van der Waals surface area contributed by atoms with Crippen molar-refractivity contribution in [1.29, 1.82) is 0 Å². The van der Waals surface area contributed by atoms with Crippen molar-refractivity contribution >= 4 is 5.91 Å². The summed E-state index contributed by atoms with van der Waals surface area (Å²) in [6.07, 6.45) is 3.96. The number of benzene rings is 1. The van der Waals surface area contributed by atoms with Gasteiger partial charge >= 0.3 is 0 Å². The van der Waals surface area contributed by atoms with Crippen molar-refractivity contribution in [3.05, 3.63) is 29.8 Å². The third-order valence-electron chi connectivity index (χ3n) is 3.82. The monoisotopic (exact) mass is 248 g/mol. The van der Waals surface area contributed by atoms with Crippen LogP contribution in [-0.4, -0.2) is 17.6 Å². The number of hydrogen-bond donors (Lipinski definition) is 3. The van der Waals surface area contributed by atoms with E-state index in [1.165, 1.54) is 0 Å². The zero-order valence-electron chi connectivity index (χ0n) is 10.5. The molecule has 0 bridgehead atoms. The maximum absolute atomic E-state index is 12.2. The summed E-state index contributed by atoms with van der Waals surface area (Å²) >= 11 is 0. The fraction of sp³-hybridized carbons (Fsp3) is 0.500. The van der Waals surface area contributed by atoms with Gasteiger partial charge in [0.1, 0.15) is 5.75 Å². The Hall–Kier alpha value is -1.55. The first-order valence-corrected chi connectivity index (χ1v) is 6.43. The number of aromatic hydroxyl groups is 1. The van der Waals surface area contributed by atoms with Crippen molar-refractivity contribution in [2.24, 2.45) is 11.1 Å². The van der Waals surface area contributed by atoms with Crippen LogP contribution >= 0.6 is 0 Å². The molecule has 0 aliphatic heterocycles. The number of phenols is 1. The van der Waals surface area contributed by atoms with Crippen LogP contribution in [0.5, 0.6) is 5.75 Å². The molecule has 0 saturated heterocycles. The Kier molecular flexibility index (Phi) is 3.87. The first-order chi connectivity index (χ1) is 8.66. The van der Waals surface area contributed by atoms with Gasteiger partial charge in [-0.25, -0.2) is 0 Å². The van der Waals surface area contributed by atoms with Crippen molar-refractivity contribution in [3.63, 3.8) is 0 Å². The minimum Gasteiger partial charge on any atom is -0.508 e. The van der Waals surface area contributed by atoms with Gasteiger partial charge in [-0.3, -0.25) is 4.79 Å². The van der Waals surface area contributed by atoms with E-state index >= 15 is 0 Å². The molecule has 98 valence electrons. The Labute approximate surface area is 107 Å². The minimum atomic E-state index is -0.350. The van der Waals surface area contributed by atoms with Crippen LogP contribution in [-0.2, 0) is 11.3 Å². The van der Waals surface area contributed by atoms with Crippen LogP contribution in [0.15, 0.2) is 24.3 Å². The van der Waals surface area contributed by atoms with Gasteiger partial charge in [0, 0.05) is 13.1 Å². The zero-order valence-corrected chi connectivity index (χ0v) is 10.5. The van der Waals surface area contributed by atoms with Gasteiger partial charge in [-0.1, -0.05) is 25.0 Å². The van der Waals surface area contributed by atoms with Crippen LogP contribution in [0.25, 0.3) is 0 Å². The molecule has 1 aromatic rings. The summed E-state index contributed by atoms with van der Waals surface area (Å²) in [6.45, 7) is 0.912. The summed E-state index contributed by atoms with van der Waals surface area (Å²) in [5.74, 6) is 0.301. The molecular formula is C14H20N2O2. The molecule has 4 N–H and O–H groups in total. The van der Waals surface area contributed by atoms with E-state index in [2.05, 4.69) is 5.32 Å². The normalized spacial score (nSPS) is 17.6. The van der Waals surface area contributed by atoms with E-state index in [0.717, 1.165) is 31.2 Å². The van der Waals surface area contributed by atoms with Crippen LogP contribution in [0.3, 0.4) is 0 Å². The summed E-state index contributed by atoms with van der Waals surface area (Å²) in [5.41, 5.74) is 6.39. The predicted molar refractivity (Wildman–Crippen MR) is 69.9 cm³/mol. The number of amides is 1. The first-order valence-electron chi connectivity index (χ1n) is 6.43. The Morgan fingerprint density at radius 2 is 1.89 bits per heavy atom. The van der Waals surface area contributed by atoms with Crippen LogP contribution in [0.1, 0.15) is 31.2 Å². The molecule has 18 heavy (non-hydrogen) atoms. The highest BCUT2D eigenvalue weighted by Gasteiger charge is 2.39. The smallest absolute Gasteiger partial charge is 0.227 e. The van der Waals surface area contributed by atoms with Gasteiger partial charge in [-0.15, -0.1) is 0 Å². The zero-order chi connectivity index (χ0) is 13.0. The molecule has 1 saturated carbocycles. The summed E-state index contributed by atoms with van der Waals surface area (Å²) < 4.78 is 0. The Morgan fingerprint density at radius 3 is 2.44 bits per heavy atom. The fourth-order valence-corrected chi connectivity index (χ4v) is 2.56. The molecule has 2 rings (SSSR count). The van der Waals surface area contributed by atoms with E-state index in [9.17, 15) is 9.90 Å². The second-order valence-corrected chi connectivity index (χ2v) is 5.04. The van der Waals surface area contributed by atoms with E-state index in [1.807, 2.05) is 0 Å². The minimum absolute atomic E-state index is 0.0653. The summed E-state index contributed by atoms with van der Waals surface area (Å²) in [5, 5.41) is 12.1. The molecule has 1 fully saturated rings. The number of carbonyl (C=O) groups is 1. The predicted octanol–water partition coefficient (Wildman–Crippen LogP) is 1.53. The van der Waals surface area contributed by atoms with Crippen LogP contribution in [0, 0.1) is 5.41 Å². The van der Waals surface area contributed by atoms with Crippen molar-refractivity contribution in [1.82, 2.24) is 5.32 Å². The first kappa shape index (κ1) is 12.9. The van der Waals surface area contributed by atoms with Gasteiger partial charge in [0.15, 0.2) is 0 Å². The molecule has 0 unspecified atom stereocenters. The molecule has 4 heteroatoms. The lowest BCUT2D eigenvalue weighted by Crippen LogP contribution is -2.43. The number of nitrogens with one attached hydrogen (secondary N) is 1. The molecule has 0 radical (unpaired) electrons. The number of phenolic OH excluding ortho intramolecular Hbond substituents is 1. The SMILES string of the molecule is NCC1(C(=O)NCc2ccc(O)cc2)CCCC1. The van der Waals surface area contributed by atoms with Crippen LogP contribution in [0.2, 0.25) is 0 Å². The summed E-state index contributed by atoms with van der Waals surface area (Å²) in [6, 6.07) is 6.85. The molecule has 1 aliphatic rings. The van der Waals surface area contributed by atoms with E-state index in [1.54, 1.807) is 24.3 Å². The van der Waals surface area contributed by atoms with Gasteiger partial charge in [0.25, 0.3) is 0 Å². The van der Waals surface area contributed by atoms with E-state index in [-0.39, 0.29) is 17.1 Å². The second kappa shape index (κ2) is 5.40. The second-order valence-electron chi connectivity index (χ2n) is 5.04. The summed E-state index contributed by atoms with van der Waals surface area (Å²) in [7, 11) is 0. The lowest BCUT2D eigenvalue weighted by Gasteiger charge is -2.25. The highest BCUT2D eigenvalue weighted by Crippen LogP contribution is 2.37. The third-order valence-corrected chi connectivity index (χ3v) is 3.82. The van der Waals surface area contributed by atoms with Gasteiger partial charge in [-0.2, -0.15) is 0 Å². The fourth-order valence-electron chi connectivity index (χ4n) is 2.56. The van der Waals surface area contributed by atoms with Gasteiger partial charge in [-0.05, 0) is 30.5 Å². The van der Waals surface area contributed by atoms with E-state index in [0.29, 0.717) is 13.1 Å². The summed E-state index contributed by atoms with van der Waals surface area (Å²) in [4.78, 5) is 12.2. The number of hydrogen-bond acceptors (Lipinski definition) is 3. The number of carbonyl (C=O) groups excluding carboxylic acids is 1. The van der Waals surface area contributed by atoms with E-state index < -0.39 is 0 Å². The Morgan fingerprint density at radius 1 is 1.28 bits per heavy atom. The Balaban J connectivity index is 1.93. The Bertz CT molecular complexity index is 408. The standard InChI is InChI=1S/C14H20N2O2/c15-10-14(7-1-2-8-14)13(18)16-9-11-3-5-12(17)6-4-11/h3-6,17H,1-2,7-10,15H2,(H,16,18). The number of rotatable bonds is 4. The van der Waals surface area contributed by atoms with Crippen LogP contribution < -0.4 is 11.1 Å². The van der Waals surface area contributed by atoms with Crippen molar-refractivity contribution in [2.75, 3.05) is 6.54 Å². The lowest BCUT2D eigenvalue weighted by atomic mass is 9.85. The molecular weight excluding hydrogens is 228 g/mol. The molecule has 4 nitrogen and oxygen atoms in total. The average Bonchev–Trinajstić information content (AvgIpc) is 2.88.